The Kier molecular flexibility index (Phi) is 6.32. The fourth-order valence-electron chi connectivity index (χ4n) is 4.81. The summed E-state index contributed by atoms with van der Waals surface area (Å²) in [5.74, 6) is 0.836. The van der Waals surface area contributed by atoms with Gasteiger partial charge in [-0.25, -0.2) is 19.9 Å². The van der Waals surface area contributed by atoms with E-state index in [4.69, 9.17) is 9.72 Å². The van der Waals surface area contributed by atoms with Crippen molar-refractivity contribution in [1.82, 2.24) is 29.8 Å². The summed E-state index contributed by atoms with van der Waals surface area (Å²) >= 11 is 3.74. The predicted octanol–water partition coefficient (Wildman–Crippen LogP) is 3.34. The first-order chi connectivity index (χ1) is 17.2. The van der Waals surface area contributed by atoms with Crippen LogP contribution in [0.2, 0.25) is 0 Å². The van der Waals surface area contributed by atoms with Crippen LogP contribution >= 0.6 is 15.9 Å². The first-order valence-electron chi connectivity index (χ1n) is 11.9. The highest BCUT2D eigenvalue weighted by atomic mass is 79.9. The molecular formula is C25H27BrN8O. The molecule has 180 valence electrons. The molecule has 2 fully saturated rings. The van der Waals surface area contributed by atoms with Gasteiger partial charge in [0, 0.05) is 81.2 Å². The number of nitrogens with zero attached hydrogens (tertiary/aromatic N) is 7. The van der Waals surface area contributed by atoms with Gasteiger partial charge in [-0.15, -0.1) is 0 Å². The van der Waals surface area contributed by atoms with Crippen molar-refractivity contribution in [2.24, 2.45) is 0 Å². The molecule has 6 rings (SSSR count). The molecular weight excluding hydrogens is 508 g/mol. The SMILES string of the molecule is Brc1cnc2[nH]c(-c3ccc(N4CCOCC4)cc3)nc2c1N1CCN(Cc2cncnc2)CC1. The molecule has 0 saturated carbocycles. The molecule has 5 heterocycles. The summed E-state index contributed by atoms with van der Waals surface area (Å²) in [6.07, 6.45) is 7.22. The molecule has 10 heteroatoms. The number of aromatic nitrogens is 5. The second kappa shape index (κ2) is 9.88. The van der Waals surface area contributed by atoms with Gasteiger partial charge in [-0.2, -0.15) is 0 Å². The van der Waals surface area contributed by atoms with Gasteiger partial charge >= 0.3 is 0 Å². The van der Waals surface area contributed by atoms with E-state index in [2.05, 4.69) is 74.8 Å². The van der Waals surface area contributed by atoms with Crippen molar-refractivity contribution in [2.75, 3.05) is 62.3 Å². The largest absolute Gasteiger partial charge is 0.378 e. The smallest absolute Gasteiger partial charge is 0.159 e. The molecule has 3 aromatic heterocycles. The topological polar surface area (TPSA) is 86.3 Å². The molecule has 35 heavy (non-hydrogen) atoms. The number of rotatable bonds is 5. The van der Waals surface area contributed by atoms with E-state index in [1.54, 1.807) is 6.33 Å². The molecule has 2 aliphatic heterocycles. The number of halogens is 1. The predicted molar refractivity (Wildman–Crippen MR) is 140 cm³/mol. The van der Waals surface area contributed by atoms with Gasteiger partial charge in [0.15, 0.2) is 5.65 Å². The number of H-pyrrole nitrogens is 1. The summed E-state index contributed by atoms with van der Waals surface area (Å²) in [6.45, 7) is 8.05. The molecule has 0 radical (unpaired) electrons. The first-order valence-corrected chi connectivity index (χ1v) is 12.7. The zero-order valence-corrected chi connectivity index (χ0v) is 21.0. The number of nitrogens with one attached hydrogen (secondary N) is 1. The van der Waals surface area contributed by atoms with Gasteiger partial charge in [0.1, 0.15) is 17.7 Å². The Balaban J connectivity index is 1.21. The standard InChI is InChI=1S/C25H27BrN8O/c26-21-15-29-25-22(23(21)34-7-5-32(6-8-34)16-18-13-27-17-28-14-18)30-24(31-25)19-1-3-20(4-2-19)33-9-11-35-12-10-33/h1-4,13-15,17H,5-12,16H2,(H,29,30,31). The molecule has 0 amide bonds. The minimum atomic E-state index is 0.781. The number of hydrogen-bond donors (Lipinski definition) is 1. The third-order valence-corrected chi connectivity index (χ3v) is 7.25. The van der Waals surface area contributed by atoms with Crippen molar-refractivity contribution >= 4 is 38.5 Å². The first kappa shape index (κ1) is 22.4. The summed E-state index contributed by atoms with van der Waals surface area (Å²) in [7, 11) is 0. The van der Waals surface area contributed by atoms with Crippen molar-refractivity contribution in [1.29, 1.82) is 0 Å². The van der Waals surface area contributed by atoms with E-state index in [0.29, 0.717) is 0 Å². The summed E-state index contributed by atoms with van der Waals surface area (Å²) in [5, 5.41) is 0. The van der Waals surface area contributed by atoms with Crippen molar-refractivity contribution in [3.8, 4) is 11.4 Å². The fraction of sp³-hybridized carbons (Fsp3) is 0.360. The van der Waals surface area contributed by atoms with Crippen LogP contribution in [0.5, 0.6) is 0 Å². The van der Waals surface area contributed by atoms with Crippen LogP contribution < -0.4 is 9.80 Å². The van der Waals surface area contributed by atoms with E-state index >= 15 is 0 Å². The zero-order valence-electron chi connectivity index (χ0n) is 19.4. The molecule has 0 bridgehead atoms. The third-order valence-electron chi connectivity index (χ3n) is 6.67. The number of pyridine rings is 1. The van der Waals surface area contributed by atoms with Crippen LogP contribution in [-0.4, -0.2) is 82.3 Å². The van der Waals surface area contributed by atoms with E-state index in [-0.39, 0.29) is 0 Å². The van der Waals surface area contributed by atoms with E-state index in [1.807, 2.05) is 18.6 Å². The lowest BCUT2D eigenvalue weighted by molar-refractivity contribution is 0.122. The van der Waals surface area contributed by atoms with E-state index < -0.39 is 0 Å². The Labute approximate surface area is 212 Å². The molecule has 1 aromatic carbocycles. The highest BCUT2D eigenvalue weighted by molar-refractivity contribution is 9.10. The molecule has 0 unspecified atom stereocenters. The normalized spacial score (nSPS) is 17.3. The number of piperazine rings is 1. The zero-order chi connectivity index (χ0) is 23.6. The Morgan fingerprint density at radius 3 is 2.37 bits per heavy atom. The fourth-order valence-corrected chi connectivity index (χ4v) is 5.35. The molecule has 0 aliphatic carbocycles. The lowest BCUT2D eigenvalue weighted by atomic mass is 10.2. The molecule has 1 N–H and O–H groups in total. The quantitative estimate of drug-likeness (QED) is 0.417. The van der Waals surface area contributed by atoms with E-state index in [9.17, 15) is 0 Å². The second-order valence-corrected chi connectivity index (χ2v) is 9.75. The minimum Gasteiger partial charge on any atom is -0.378 e. The number of morpholine rings is 1. The number of anilines is 2. The Morgan fingerprint density at radius 1 is 0.886 bits per heavy atom. The maximum Gasteiger partial charge on any atom is 0.159 e. The van der Waals surface area contributed by atoms with Gasteiger partial charge in [0.05, 0.1) is 23.4 Å². The van der Waals surface area contributed by atoms with Crippen LogP contribution in [0.25, 0.3) is 22.6 Å². The van der Waals surface area contributed by atoms with Crippen molar-refractivity contribution in [2.45, 2.75) is 6.54 Å². The summed E-state index contributed by atoms with van der Waals surface area (Å²) in [4.78, 5) is 28.5. The van der Waals surface area contributed by atoms with Crippen LogP contribution in [0.1, 0.15) is 5.56 Å². The lowest BCUT2D eigenvalue weighted by Gasteiger charge is -2.36. The van der Waals surface area contributed by atoms with Crippen LogP contribution in [0.15, 0.2) is 53.7 Å². The highest BCUT2D eigenvalue weighted by Gasteiger charge is 2.23. The monoisotopic (exact) mass is 534 g/mol. The second-order valence-electron chi connectivity index (χ2n) is 8.89. The maximum atomic E-state index is 5.47. The van der Waals surface area contributed by atoms with Crippen LogP contribution in [0.3, 0.4) is 0 Å². The Bertz CT molecular complexity index is 1280. The van der Waals surface area contributed by atoms with Gasteiger partial charge < -0.3 is 19.5 Å². The van der Waals surface area contributed by atoms with Crippen LogP contribution in [-0.2, 0) is 11.3 Å². The Hall–Kier alpha value is -3.08. The van der Waals surface area contributed by atoms with Gasteiger partial charge in [-0.3, -0.25) is 4.90 Å². The van der Waals surface area contributed by atoms with E-state index in [1.165, 1.54) is 5.69 Å². The highest BCUT2D eigenvalue weighted by Crippen LogP contribution is 2.34. The Morgan fingerprint density at radius 2 is 1.63 bits per heavy atom. The van der Waals surface area contributed by atoms with Gasteiger partial charge in [0.2, 0.25) is 0 Å². The van der Waals surface area contributed by atoms with Crippen LogP contribution in [0.4, 0.5) is 11.4 Å². The molecule has 4 aromatic rings. The van der Waals surface area contributed by atoms with E-state index in [0.717, 1.165) is 97.3 Å². The van der Waals surface area contributed by atoms with Gasteiger partial charge in [-0.1, -0.05) is 0 Å². The minimum absolute atomic E-state index is 0.781. The average molecular weight is 535 g/mol. The lowest BCUT2D eigenvalue weighted by Crippen LogP contribution is -2.46. The summed E-state index contributed by atoms with van der Waals surface area (Å²) in [6, 6.07) is 8.58. The molecule has 0 atom stereocenters. The van der Waals surface area contributed by atoms with Crippen LogP contribution in [0, 0.1) is 0 Å². The van der Waals surface area contributed by atoms with Gasteiger partial charge in [-0.05, 0) is 40.2 Å². The molecule has 2 saturated heterocycles. The van der Waals surface area contributed by atoms with Crippen molar-refractivity contribution in [3.05, 3.63) is 59.2 Å². The summed E-state index contributed by atoms with van der Waals surface area (Å²) in [5.41, 5.74) is 6.22. The van der Waals surface area contributed by atoms with Crippen molar-refractivity contribution < 1.29 is 4.74 Å². The average Bonchev–Trinajstić information content (AvgIpc) is 3.35. The number of fused-ring (bicyclic) bond motifs is 1. The van der Waals surface area contributed by atoms with Crippen molar-refractivity contribution in [3.63, 3.8) is 0 Å². The number of ether oxygens (including phenoxy) is 1. The maximum absolute atomic E-state index is 5.47. The third kappa shape index (κ3) is 4.73. The number of imidazole rings is 1. The molecule has 0 spiro atoms. The molecule has 9 nitrogen and oxygen atoms in total. The molecule has 2 aliphatic rings. The number of aromatic amines is 1. The van der Waals surface area contributed by atoms with Gasteiger partial charge in [0.25, 0.3) is 0 Å². The summed E-state index contributed by atoms with van der Waals surface area (Å²) < 4.78 is 6.44. The number of benzene rings is 1. The number of hydrogen-bond acceptors (Lipinski definition) is 8.